The second-order valence-corrected chi connectivity index (χ2v) is 5.21. The van der Waals surface area contributed by atoms with Gasteiger partial charge in [-0.1, -0.05) is 0 Å². The van der Waals surface area contributed by atoms with E-state index in [2.05, 4.69) is 10.1 Å². The largest absolute Gasteiger partial charge is 0.328 e. The van der Waals surface area contributed by atoms with Crippen LogP contribution in [0.3, 0.4) is 0 Å². The maximum Gasteiger partial charge on any atom is 0.190 e. The molecule has 0 aliphatic carbocycles. The molecule has 0 spiro atoms. The molecule has 2 aromatic rings. The molecule has 0 aliphatic heterocycles. The summed E-state index contributed by atoms with van der Waals surface area (Å²) >= 11 is 1.47. The molecule has 6 heteroatoms. The molecule has 18 heavy (non-hydrogen) atoms. The second-order valence-electron chi connectivity index (χ2n) is 4.20. The highest BCUT2D eigenvalue weighted by molar-refractivity contribution is 7.99. The van der Waals surface area contributed by atoms with Gasteiger partial charge >= 0.3 is 0 Å². The van der Waals surface area contributed by atoms with Gasteiger partial charge in [0.1, 0.15) is 12.1 Å². The fraction of sp³-hybridized carbons (Fsp3) is 0.333. The molecule has 2 rings (SSSR count). The summed E-state index contributed by atoms with van der Waals surface area (Å²) in [5.74, 6) is -0.243. The summed E-state index contributed by atoms with van der Waals surface area (Å²) < 4.78 is 15.0. The van der Waals surface area contributed by atoms with Crippen molar-refractivity contribution in [2.45, 2.75) is 29.4 Å². The molecule has 0 saturated heterocycles. The summed E-state index contributed by atoms with van der Waals surface area (Å²) in [5.41, 5.74) is 6.68. The van der Waals surface area contributed by atoms with E-state index in [1.165, 1.54) is 30.2 Å². The summed E-state index contributed by atoms with van der Waals surface area (Å²) in [4.78, 5) is 5.11. The van der Waals surface area contributed by atoms with Gasteiger partial charge in [-0.25, -0.2) is 14.1 Å². The van der Waals surface area contributed by atoms with E-state index >= 15 is 0 Å². The lowest BCUT2D eigenvalue weighted by atomic mass is 10.1. The van der Waals surface area contributed by atoms with E-state index in [0.29, 0.717) is 6.42 Å². The Morgan fingerprint density at radius 2 is 2.28 bits per heavy atom. The SMILES string of the molecule is CC(N)Cc1cc(F)ccc1Sc1ncnn1C. The molecule has 1 aromatic carbocycles. The Morgan fingerprint density at radius 3 is 2.89 bits per heavy atom. The van der Waals surface area contributed by atoms with Crippen molar-refractivity contribution < 1.29 is 4.39 Å². The van der Waals surface area contributed by atoms with Gasteiger partial charge in [0, 0.05) is 18.0 Å². The number of nitrogens with two attached hydrogens (primary N) is 1. The first kappa shape index (κ1) is 13.0. The second kappa shape index (κ2) is 5.49. The molecule has 2 N–H and O–H groups in total. The van der Waals surface area contributed by atoms with E-state index in [1.54, 1.807) is 10.7 Å². The van der Waals surface area contributed by atoms with Gasteiger partial charge in [0.25, 0.3) is 0 Å². The number of hydrogen-bond donors (Lipinski definition) is 1. The monoisotopic (exact) mass is 266 g/mol. The molecule has 1 aromatic heterocycles. The topological polar surface area (TPSA) is 56.7 Å². The summed E-state index contributed by atoms with van der Waals surface area (Å²) in [7, 11) is 1.82. The van der Waals surface area contributed by atoms with Gasteiger partial charge in [-0.05, 0) is 48.9 Å². The third-order valence-corrected chi connectivity index (χ3v) is 3.61. The highest BCUT2D eigenvalue weighted by atomic mass is 32.2. The molecule has 1 heterocycles. The minimum atomic E-state index is -0.243. The molecular formula is C12H15FN4S. The molecule has 0 amide bonds. The van der Waals surface area contributed by atoms with Gasteiger partial charge in [0.15, 0.2) is 5.16 Å². The highest BCUT2D eigenvalue weighted by Gasteiger charge is 2.10. The lowest BCUT2D eigenvalue weighted by Gasteiger charge is -2.11. The van der Waals surface area contributed by atoms with Crippen molar-refractivity contribution in [1.29, 1.82) is 0 Å². The number of aryl methyl sites for hydroxylation is 1. The maximum absolute atomic E-state index is 13.3. The maximum atomic E-state index is 13.3. The van der Waals surface area contributed by atoms with E-state index in [-0.39, 0.29) is 11.9 Å². The van der Waals surface area contributed by atoms with Crippen LogP contribution in [0.25, 0.3) is 0 Å². The number of hydrogen-bond acceptors (Lipinski definition) is 4. The third kappa shape index (κ3) is 3.08. The smallest absolute Gasteiger partial charge is 0.190 e. The molecule has 0 bridgehead atoms. The number of benzene rings is 1. The first-order valence-corrected chi connectivity index (χ1v) is 6.44. The van der Waals surface area contributed by atoms with Crippen LogP contribution in [0.2, 0.25) is 0 Å². The lowest BCUT2D eigenvalue weighted by molar-refractivity contribution is 0.619. The highest BCUT2D eigenvalue weighted by Crippen LogP contribution is 2.29. The van der Waals surface area contributed by atoms with Crippen LogP contribution in [0, 0.1) is 5.82 Å². The summed E-state index contributed by atoms with van der Waals surface area (Å²) in [6.45, 7) is 1.90. The quantitative estimate of drug-likeness (QED) is 0.919. The van der Waals surface area contributed by atoms with Crippen molar-refractivity contribution in [2.24, 2.45) is 12.8 Å². The Morgan fingerprint density at radius 1 is 1.50 bits per heavy atom. The van der Waals surface area contributed by atoms with Crippen molar-refractivity contribution in [3.63, 3.8) is 0 Å². The van der Waals surface area contributed by atoms with Crippen molar-refractivity contribution in [2.75, 3.05) is 0 Å². The minimum Gasteiger partial charge on any atom is -0.328 e. The number of halogens is 1. The Balaban J connectivity index is 2.29. The lowest BCUT2D eigenvalue weighted by Crippen LogP contribution is -2.18. The van der Waals surface area contributed by atoms with E-state index in [9.17, 15) is 4.39 Å². The standard InChI is InChI=1S/C12H15FN4S/c1-8(14)5-9-6-10(13)3-4-11(9)18-12-15-7-16-17(12)2/h3-4,6-8H,5,14H2,1-2H3. The van der Waals surface area contributed by atoms with Gasteiger partial charge in [-0.3, -0.25) is 0 Å². The molecule has 96 valence electrons. The van der Waals surface area contributed by atoms with Crippen LogP contribution >= 0.6 is 11.8 Å². The Labute approximate surface area is 109 Å². The zero-order chi connectivity index (χ0) is 13.1. The van der Waals surface area contributed by atoms with Gasteiger partial charge in [-0.15, -0.1) is 0 Å². The normalized spacial score (nSPS) is 12.7. The van der Waals surface area contributed by atoms with Crippen LogP contribution in [0.1, 0.15) is 12.5 Å². The predicted octanol–water partition coefficient (Wildman–Crippen LogP) is 2.00. The van der Waals surface area contributed by atoms with Crippen molar-refractivity contribution >= 4 is 11.8 Å². The third-order valence-electron chi connectivity index (χ3n) is 2.44. The van der Waals surface area contributed by atoms with Crippen LogP contribution in [0.5, 0.6) is 0 Å². The molecular weight excluding hydrogens is 251 g/mol. The van der Waals surface area contributed by atoms with E-state index in [4.69, 9.17) is 5.73 Å². The van der Waals surface area contributed by atoms with Gasteiger partial charge in [0.2, 0.25) is 0 Å². The van der Waals surface area contributed by atoms with Gasteiger partial charge in [-0.2, -0.15) is 5.10 Å². The zero-order valence-corrected chi connectivity index (χ0v) is 11.1. The summed E-state index contributed by atoms with van der Waals surface area (Å²) in [6.07, 6.45) is 2.13. The van der Waals surface area contributed by atoms with Crippen LogP contribution in [-0.2, 0) is 13.5 Å². The Hall–Kier alpha value is -1.40. The average Bonchev–Trinajstić information content (AvgIpc) is 2.67. The number of aromatic nitrogens is 3. The molecule has 1 atom stereocenters. The molecule has 0 saturated carbocycles. The van der Waals surface area contributed by atoms with Crippen molar-refractivity contribution in [1.82, 2.24) is 14.8 Å². The van der Waals surface area contributed by atoms with Crippen LogP contribution in [0.4, 0.5) is 4.39 Å². The van der Waals surface area contributed by atoms with Crippen LogP contribution in [0.15, 0.2) is 34.6 Å². The van der Waals surface area contributed by atoms with Gasteiger partial charge < -0.3 is 5.73 Å². The number of rotatable bonds is 4. The fourth-order valence-corrected chi connectivity index (χ4v) is 2.52. The summed E-state index contributed by atoms with van der Waals surface area (Å²) in [5, 5.41) is 4.78. The first-order chi connectivity index (χ1) is 8.56. The summed E-state index contributed by atoms with van der Waals surface area (Å²) in [6, 6.07) is 4.73. The molecule has 0 aliphatic rings. The van der Waals surface area contributed by atoms with Crippen LogP contribution in [-0.4, -0.2) is 20.8 Å². The van der Waals surface area contributed by atoms with Crippen molar-refractivity contribution in [3.05, 3.63) is 35.9 Å². The Bertz CT molecular complexity index is 539. The average molecular weight is 266 g/mol. The van der Waals surface area contributed by atoms with E-state index < -0.39 is 0 Å². The number of nitrogens with zero attached hydrogens (tertiary/aromatic N) is 3. The Kier molecular flexibility index (Phi) is 3.98. The molecule has 4 nitrogen and oxygen atoms in total. The van der Waals surface area contributed by atoms with Crippen LogP contribution < -0.4 is 5.73 Å². The molecule has 1 unspecified atom stereocenters. The molecule has 0 radical (unpaired) electrons. The van der Waals surface area contributed by atoms with E-state index in [0.717, 1.165) is 15.6 Å². The fourth-order valence-electron chi connectivity index (χ4n) is 1.63. The molecule has 0 fully saturated rings. The minimum absolute atomic E-state index is 0.00866. The zero-order valence-electron chi connectivity index (χ0n) is 10.3. The predicted molar refractivity (Wildman–Crippen MR) is 68.9 cm³/mol. The first-order valence-electron chi connectivity index (χ1n) is 5.62. The van der Waals surface area contributed by atoms with E-state index in [1.807, 2.05) is 14.0 Å². The van der Waals surface area contributed by atoms with Crippen molar-refractivity contribution in [3.8, 4) is 0 Å². The van der Waals surface area contributed by atoms with Gasteiger partial charge in [0.05, 0.1) is 0 Å².